The van der Waals surface area contributed by atoms with Gasteiger partial charge in [0.15, 0.2) is 0 Å². The Morgan fingerprint density at radius 3 is 2.74 bits per heavy atom. The molecular formula is C23H28N4O2S2. The number of nitrogens with zero attached hydrogens (tertiary/aromatic N) is 4. The zero-order chi connectivity index (χ0) is 22.7. The van der Waals surface area contributed by atoms with Crippen LogP contribution < -0.4 is 10.5 Å². The predicted octanol–water partition coefficient (Wildman–Crippen LogP) is 4.06. The van der Waals surface area contributed by atoms with Crippen LogP contribution in [0.25, 0.3) is 6.08 Å². The maximum Gasteiger partial charge on any atom is 0.270 e. The minimum absolute atomic E-state index is 0.134. The predicted molar refractivity (Wildman–Crippen MR) is 131 cm³/mol. The lowest BCUT2D eigenvalue weighted by Crippen LogP contribution is -2.40. The number of piperidine rings is 1. The molecule has 0 aromatic carbocycles. The zero-order valence-electron chi connectivity index (χ0n) is 18.3. The largest absolute Gasteiger partial charge is 0.357 e. The highest BCUT2D eigenvalue weighted by molar-refractivity contribution is 8.26. The maximum absolute atomic E-state index is 13.2. The number of amides is 1. The fourth-order valence-corrected chi connectivity index (χ4v) is 5.47. The minimum Gasteiger partial charge on any atom is -0.357 e. The summed E-state index contributed by atoms with van der Waals surface area (Å²) in [6, 6.07) is 2.09. The molecule has 2 aliphatic heterocycles. The van der Waals surface area contributed by atoms with E-state index in [4.69, 9.17) is 12.2 Å². The number of aromatic nitrogens is 1. The second-order valence-electron chi connectivity index (χ2n) is 8.08. The van der Waals surface area contributed by atoms with Crippen LogP contribution in [-0.2, 0) is 11.3 Å². The molecule has 2 fully saturated rings. The van der Waals surface area contributed by atoms with Gasteiger partial charge < -0.3 is 4.90 Å². The molecule has 2 aliphatic rings. The average Bonchev–Trinajstić information content (AvgIpc) is 3.00. The molecule has 3 heterocycles. The fraction of sp³-hybridized carbons (Fsp3) is 0.478. The van der Waals surface area contributed by atoms with Crippen molar-refractivity contribution in [1.82, 2.24) is 9.47 Å². The number of thiocarbonyl (C=S) groups is 1. The summed E-state index contributed by atoms with van der Waals surface area (Å²) in [7, 11) is 0. The molecule has 1 atom stereocenters. The first-order valence-corrected chi connectivity index (χ1v) is 11.8. The average molecular weight is 457 g/mol. The Balaban J connectivity index is 2.25. The van der Waals surface area contributed by atoms with Gasteiger partial charge >= 0.3 is 0 Å². The first-order chi connectivity index (χ1) is 14.8. The summed E-state index contributed by atoms with van der Waals surface area (Å²) in [6.07, 6.45) is 6.43. The summed E-state index contributed by atoms with van der Waals surface area (Å²) in [5, 5.41) is 9.72. The zero-order valence-corrected chi connectivity index (χ0v) is 19.9. The molecule has 8 heteroatoms. The third kappa shape index (κ3) is 4.48. The smallest absolute Gasteiger partial charge is 0.270 e. The normalized spacial score (nSPS) is 20.5. The van der Waals surface area contributed by atoms with Gasteiger partial charge in [0.2, 0.25) is 0 Å². The SMILES string of the molecule is C=CCN1C(=O)/C(=C\c2c(C)c(C#N)c(=O)n(CCC)c2N2CCCC(C)C2)SC1=S. The van der Waals surface area contributed by atoms with Gasteiger partial charge in [-0.15, -0.1) is 6.58 Å². The van der Waals surface area contributed by atoms with Gasteiger partial charge in [0.25, 0.3) is 11.5 Å². The molecule has 31 heavy (non-hydrogen) atoms. The van der Waals surface area contributed by atoms with Gasteiger partial charge in [0, 0.05) is 31.7 Å². The van der Waals surface area contributed by atoms with Crippen LogP contribution in [0.3, 0.4) is 0 Å². The van der Waals surface area contributed by atoms with Crippen molar-refractivity contribution in [2.75, 3.05) is 24.5 Å². The van der Waals surface area contributed by atoms with Crippen molar-refractivity contribution in [3.05, 3.63) is 44.6 Å². The monoisotopic (exact) mass is 456 g/mol. The summed E-state index contributed by atoms with van der Waals surface area (Å²) in [4.78, 5) is 30.4. The van der Waals surface area contributed by atoms with E-state index in [0.717, 1.165) is 43.7 Å². The van der Waals surface area contributed by atoms with Crippen molar-refractivity contribution in [2.24, 2.45) is 5.92 Å². The van der Waals surface area contributed by atoms with Crippen molar-refractivity contribution in [1.29, 1.82) is 5.26 Å². The standard InChI is InChI=1S/C23H28N4O2S2/c1-5-9-26-20(25-11-7-8-15(3)14-25)17(16(4)18(13-24)21(26)28)12-19-22(29)27(10-6-2)23(30)31-19/h6,12,15H,2,5,7-11,14H2,1,3-4H3/b19-12+. The number of hydrogen-bond acceptors (Lipinski definition) is 6. The van der Waals surface area contributed by atoms with Crippen molar-refractivity contribution >= 4 is 46.1 Å². The molecule has 2 saturated heterocycles. The molecule has 3 rings (SSSR count). The Hall–Kier alpha value is -2.37. The van der Waals surface area contributed by atoms with E-state index >= 15 is 0 Å². The van der Waals surface area contributed by atoms with Crippen LogP contribution in [0.15, 0.2) is 22.4 Å². The van der Waals surface area contributed by atoms with E-state index in [1.165, 1.54) is 16.7 Å². The highest BCUT2D eigenvalue weighted by Crippen LogP contribution is 2.36. The summed E-state index contributed by atoms with van der Waals surface area (Å²) >= 11 is 6.63. The molecule has 0 saturated carbocycles. The van der Waals surface area contributed by atoms with Gasteiger partial charge in [0.05, 0.1) is 4.91 Å². The van der Waals surface area contributed by atoms with Crippen molar-refractivity contribution < 1.29 is 4.79 Å². The Morgan fingerprint density at radius 1 is 1.39 bits per heavy atom. The lowest BCUT2D eigenvalue weighted by Gasteiger charge is -2.36. The second-order valence-corrected chi connectivity index (χ2v) is 9.76. The number of anilines is 1. The van der Waals surface area contributed by atoms with Crippen LogP contribution >= 0.6 is 24.0 Å². The summed E-state index contributed by atoms with van der Waals surface area (Å²) < 4.78 is 2.21. The number of rotatable bonds is 6. The van der Waals surface area contributed by atoms with Gasteiger partial charge in [-0.1, -0.05) is 43.9 Å². The minimum atomic E-state index is -0.258. The third-order valence-electron chi connectivity index (χ3n) is 5.71. The van der Waals surface area contributed by atoms with Gasteiger partial charge in [-0.05, 0) is 43.7 Å². The van der Waals surface area contributed by atoms with E-state index in [1.54, 1.807) is 17.6 Å². The van der Waals surface area contributed by atoms with Crippen LogP contribution in [0.1, 0.15) is 49.8 Å². The van der Waals surface area contributed by atoms with Gasteiger partial charge in [-0.2, -0.15) is 5.26 Å². The first-order valence-electron chi connectivity index (χ1n) is 10.6. The van der Waals surface area contributed by atoms with E-state index in [-0.39, 0.29) is 17.0 Å². The number of thioether (sulfide) groups is 1. The second kappa shape index (κ2) is 9.84. The van der Waals surface area contributed by atoms with Crippen LogP contribution in [0.4, 0.5) is 5.82 Å². The molecule has 1 aromatic rings. The molecule has 0 radical (unpaired) electrons. The molecule has 0 bridgehead atoms. The topological polar surface area (TPSA) is 69.3 Å². The van der Waals surface area contributed by atoms with E-state index in [9.17, 15) is 14.9 Å². The quantitative estimate of drug-likeness (QED) is 0.365. The van der Waals surface area contributed by atoms with E-state index < -0.39 is 0 Å². The van der Waals surface area contributed by atoms with E-state index in [2.05, 4.69) is 24.5 Å². The maximum atomic E-state index is 13.2. The summed E-state index contributed by atoms with van der Waals surface area (Å²) in [5.41, 5.74) is 1.25. The Morgan fingerprint density at radius 2 is 2.13 bits per heavy atom. The van der Waals surface area contributed by atoms with Crippen molar-refractivity contribution in [3.63, 3.8) is 0 Å². The molecule has 164 valence electrons. The number of pyridine rings is 1. The Labute approximate surface area is 193 Å². The third-order valence-corrected chi connectivity index (χ3v) is 7.09. The molecule has 0 N–H and O–H groups in total. The van der Waals surface area contributed by atoms with Crippen LogP contribution in [0, 0.1) is 24.2 Å². The lowest BCUT2D eigenvalue weighted by atomic mass is 9.98. The van der Waals surface area contributed by atoms with Crippen LogP contribution in [0.2, 0.25) is 0 Å². The molecule has 0 aliphatic carbocycles. The Kier molecular flexibility index (Phi) is 7.39. The van der Waals surface area contributed by atoms with Gasteiger partial charge in [0.1, 0.15) is 21.8 Å². The summed E-state index contributed by atoms with van der Waals surface area (Å²) in [5.74, 6) is 1.15. The fourth-order valence-electron chi connectivity index (χ4n) is 4.22. The van der Waals surface area contributed by atoms with Gasteiger partial charge in [-0.3, -0.25) is 19.1 Å². The highest BCUT2D eigenvalue weighted by atomic mass is 32.2. The summed E-state index contributed by atoms with van der Waals surface area (Å²) in [6.45, 7) is 12.3. The van der Waals surface area contributed by atoms with Crippen LogP contribution in [-0.4, -0.2) is 39.3 Å². The molecule has 1 amide bonds. The van der Waals surface area contributed by atoms with E-state index in [0.29, 0.717) is 33.8 Å². The van der Waals surface area contributed by atoms with E-state index in [1.807, 2.05) is 13.0 Å². The number of carbonyl (C=O) groups is 1. The highest BCUT2D eigenvalue weighted by Gasteiger charge is 2.33. The molecule has 1 aromatic heterocycles. The van der Waals surface area contributed by atoms with Crippen molar-refractivity contribution in [3.8, 4) is 6.07 Å². The molecule has 6 nitrogen and oxygen atoms in total. The van der Waals surface area contributed by atoms with Crippen LogP contribution in [0.5, 0.6) is 0 Å². The lowest BCUT2D eigenvalue weighted by molar-refractivity contribution is -0.121. The first kappa shape index (κ1) is 23.3. The number of nitriles is 1. The molecular weight excluding hydrogens is 428 g/mol. The molecule has 0 spiro atoms. The van der Waals surface area contributed by atoms with Crippen molar-refractivity contribution in [2.45, 2.75) is 46.6 Å². The Bertz CT molecular complexity index is 1050. The molecule has 1 unspecified atom stereocenters. The van der Waals surface area contributed by atoms with Gasteiger partial charge in [-0.25, -0.2) is 0 Å². The number of hydrogen-bond donors (Lipinski definition) is 0. The number of carbonyl (C=O) groups excluding carboxylic acids is 1.